The van der Waals surface area contributed by atoms with Crippen molar-refractivity contribution in [3.05, 3.63) is 50.6 Å². The van der Waals surface area contributed by atoms with Crippen LogP contribution in [0.15, 0.2) is 30.5 Å². The normalized spacial score (nSPS) is 11.3. The van der Waals surface area contributed by atoms with E-state index < -0.39 is 0 Å². The Morgan fingerprint density at radius 3 is 2.33 bits per heavy atom. The van der Waals surface area contributed by atoms with Crippen LogP contribution in [-0.4, -0.2) is 4.98 Å². The Kier molecular flexibility index (Phi) is 3.03. The first-order chi connectivity index (χ1) is 8.61. The Morgan fingerprint density at radius 2 is 1.56 bits per heavy atom. The standard InChI is InChI=1S/C13H5Cl4N/c14-9-7-5-6-3-1-2-4-18-13(6)8(7)10(15)12(17)11(9)16/h1-5H. The molecule has 1 heterocycles. The molecule has 0 fully saturated rings. The average molecular weight is 317 g/mol. The van der Waals surface area contributed by atoms with Gasteiger partial charge in [-0.3, -0.25) is 4.98 Å². The van der Waals surface area contributed by atoms with Crippen LogP contribution in [0.5, 0.6) is 0 Å². The van der Waals surface area contributed by atoms with Gasteiger partial charge in [0.2, 0.25) is 0 Å². The third kappa shape index (κ3) is 1.66. The first-order valence-corrected chi connectivity index (χ1v) is 6.62. The first kappa shape index (κ1) is 12.3. The number of halogens is 4. The lowest BCUT2D eigenvalue weighted by Gasteiger charge is -2.05. The van der Waals surface area contributed by atoms with Crippen molar-refractivity contribution < 1.29 is 0 Å². The van der Waals surface area contributed by atoms with E-state index in [9.17, 15) is 0 Å². The predicted octanol–water partition coefficient (Wildman–Crippen LogP) is 5.95. The Balaban J connectivity index is 2.60. The van der Waals surface area contributed by atoms with Crippen molar-refractivity contribution in [1.82, 2.24) is 4.98 Å². The zero-order valence-electron chi connectivity index (χ0n) is 8.85. The fourth-order valence-electron chi connectivity index (χ4n) is 1.98. The highest BCUT2D eigenvalue weighted by atomic mass is 35.5. The van der Waals surface area contributed by atoms with E-state index in [4.69, 9.17) is 46.4 Å². The highest BCUT2D eigenvalue weighted by Gasteiger charge is 2.21. The molecule has 0 amide bonds. The van der Waals surface area contributed by atoms with E-state index in [-0.39, 0.29) is 10.0 Å². The summed E-state index contributed by atoms with van der Waals surface area (Å²) in [4.78, 5) is 4.36. The van der Waals surface area contributed by atoms with Gasteiger partial charge >= 0.3 is 0 Å². The van der Waals surface area contributed by atoms with Gasteiger partial charge in [-0.25, -0.2) is 0 Å². The maximum atomic E-state index is 6.25. The van der Waals surface area contributed by atoms with Gasteiger partial charge in [0.15, 0.2) is 0 Å². The maximum absolute atomic E-state index is 6.25. The molecule has 0 saturated heterocycles. The molecule has 0 spiro atoms. The number of hydrogen-bond acceptors (Lipinski definition) is 1. The Labute approximate surface area is 124 Å². The van der Waals surface area contributed by atoms with Gasteiger partial charge in [-0.05, 0) is 12.1 Å². The van der Waals surface area contributed by atoms with E-state index in [2.05, 4.69) is 4.98 Å². The summed E-state index contributed by atoms with van der Waals surface area (Å²) in [6, 6.07) is 7.60. The Bertz CT molecular complexity index is 739. The molecule has 90 valence electrons. The van der Waals surface area contributed by atoms with Crippen molar-refractivity contribution in [2.24, 2.45) is 0 Å². The van der Waals surface area contributed by atoms with Crippen molar-refractivity contribution in [2.75, 3.05) is 0 Å². The summed E-state index contributed by atoms with van der Waals surface area (Å²) in [5.41, 5.74) is 1.71. The molecule has 0 atom stereocenters. The molecule has 0 N–H and O–H groups in total. The third-order valence-corrected chi connectivity index (χ3v) is 4.61. The molecule has 1 aliphatic carbocycles. The summed E-state index contributed by atoms with van der Waals surface area (Å²) < 4.78 is 0. The molecule has 1 aliphatic heterocycles. The van der Waals surface area contributed by atoms with Crippen LogP contribution in [0.3, 0.4) is 0 Å². The second kappa shape index (κ2) is 4.43. The number of rotatable bonds is 0. The van der Waals surface area contributed by atoms with Crippen molar-refractivity contribution in [1.29, 1.82) is 0 Å². The highest BCUT2D eigenvalue weighted by Crippen LogP contribution is 2.47. The first-order valence-electron chi connectivity index (χ1n) is 5.10. The largest absolute Gasteiger partial charge is 0.256 e. The van der Waals surface area contributed by atoms with Gasteiger partial charge in [-0.15, -0.1) is 0 Å². The quantitative estimate of drug-likeness (QED) is 0.368. The minimum absolute atomic E-state index is 0.261. The van der Waals surface area contributed by atoms with Crippen LogP contribution < -0.4 is 0 Å². The lowest BCUT2D eigenvalue weighted by atomic mass is 10.2. The molecule has 1 aromatic carbocycles. The zero-order valence-corrected chi connectivity index (χ0v) is 11.9. The molecule has 0 bridgehead atoms. The van der Waals surface area contributed by atoms with Crippen LogP contribution in [0.1, 0.15) is 0 Å². The van der Waals surface area contributed by atoms with Crippen molar-refractivity contribution in [3.8, 4) is 11.3 Å². The average Bonchev–Trinajstić information content (AvgIpc) is 2.57. The van der Waals surface area contributed by atoms with Crippen LogP contribution in [0.2, 0.25) is 20.1 Å². The second-order valence-electron chi connectivity index (χ2n) is 3.82. The highest BCUT2D eigenvalue weighted by molar-refractivity contribution is 6.56. The molecule has 0 unspecified atom stereocenters. The van der Waals surface area contributed by atoms with E-state index in [1.54, 1.807) is 6.20 Å². The maximum Gasteiger partial charge on any atom is 0.0801 e. The molecule has 1 aromatic rings. The second-order valence-corrected chi connectivity index (χ2v) is 5.33. The summed E-state index contributed by atoms with van der Waals surface area (Å²) in [5.74, 6) is 0. The van der Waals surface area contributed by atoms with Crippen LogP contribution in [0.25, 0.3) is 22.0 Å². The van der Waals surface area contributed by atoms with Gasteiger partial charge in [0.05, 0.1) is 25.8 Å². The SMILES string of the molecule is Clc1c(Cl)c(Cl)c2c3nccccc-3cc2c1Cl. The van der Waals surface area contributed by atoms with Gasteiger partial charge in [-0.2, -0.15) is 0 Å². The summed E-state index contributed by atoms with van der Waals surface area (Å²) in [5, 5.41) is 2.83. The third-order valence-electron chi connectivity index (χ3n) is 2.79. The number of benzene rings is 1. The van der Waals surface area contributed by atoms with Gasteiger partial charge < -0.3 is 0 Å². The number of nitrogens with zero attached hydrogens (tertiary/aromatic N) is 1. The lowest BCUT2D eigenvalue weighted by Crippen LogP contribution is -1.80. The smallest absolute Gasteiger partial charge is 0.0801 e. The predicted molar refractivity (Wildman–Crippen MR) is 78.4 cm³/mol. The van der Waals surface area contributed by atoms with Crippen LogP contribution >= 0.6 is 46.4 Å². The monoisotopic (exact) mass is 315 g/mol. The number of hydrogen-bond donors (Lipinski definition) is 0. The molecule has 2 aliphatic rings. The minimum atomic E-state index is 0.261. The Hall–Kier alpha value is -0.730. The van der Waals surface area contributed by atoms with E-state index in [1.807, 2.05) is 24.3 Å². The van der Waals surface area contributed by atoms with E-state index in [0.717, 1.165) is 22.0 Å². The van der Waals surface area contributed by atoms with Crippen LogP contribution in [-0.2, 0) is 0 Å². The fourth-order valence-corrected chi connectivity index (χ4v) is 2.99. The molecular formula is C13H5Cl4N. The van der Waals surface area contributed by atoms with Crippen LogP contribution in [0, 0.1) is 0 Å². The van der Waals surface area contributed by atoms with Gasteiger partial charge in [0.1, 0.15) is 0 Å². The molecule has 0 radical (unpaired) electrons. The molecule has 1 nitrogen and oxygen atoms in total. The zero-order chi connectivity index (χ0) is 12.9. The Morgan fingerprint density at radius 1 is 0.833 bits per heavy atom. The minimum Gasteiger partial charge on any atom is -0.256 e. The molecule has 3 rings (SSSR count). The van der Waals surface area contributed by atoms with E-state index in [0.29, 0.717) is 10.0 Å². The van der Waals surface area contributed by atoms with Crippen LogP contribution in [0.4, 0.5) is 0 Å². The summed E-state index contributed by atoms with van der Waals surface area (Å²) in [6.07, 6.45) is 1.70. The topological polar surface area (TPSA) is 12.9 Å². The fraction of sp³-hybridized carbons (Fsp3) is 0. The molecule has 0 aromatic heterocycles. The molecule has 5 heteroatoms. The van der Waals surface area contributed by atoms with E-state index >= 15 is 0 Å². The van der Waals surface area contributed by atoms with Gasteiger partial charge in [0, 0.05) is 22.5 Å². The molecule has 0 saturated carbocycles. The lowest BCUT2D eigenvalue weighted by molar-refractivity contribution is 1.39. The van der Waals surface area contributed by atoms with Crippen molar-refractivity contribution in [2.45, 2.75) is 0 Å². The molecule has 18 heavy (non-hydrogen) atoms. The number of fused-ring (bicyclic) bond motifs is 3. The summed E-state index contributed by atoms with van der Waals surface area (Å²) in [6.45, 7) is 0. The summed E-state index contributed by atoms with van der Waals surface area (Å²) >= 11 is 24.6. The summed E-state index contributed by atoms with van der Waals surface area (Å²) in [7, 11) is 0. The van der Waals surface area contributed by atoms with Crippen molar-refractivity contribution in [3.63, 3.8) is 0 Å². The van der Waals surface area contributed by atoms with Gasteiger partial charge in [-0.1, -0.05) is 58.5 Å². The number of aromatic nitrogens is 1. The van der Waals surface area contributed by atoms with Crippen molar-refractivity contribution >= 4 is 57.2 Å². The van der Waals surface area contributed by atoms with Gasteiger partial charge in [0.25, 0.3) is 0 Å². The van der Waals surface area contributed by atoms with E-state index in [1.165, 1.54) is 0 Å². The molecular weight excluding hydrogens is 312 g/mol.